The standard InChI is InChI=1S/C14H17NO3/c1-2-18-14(17)8-10-15-9-7-13(16)11-5-3-4-6-12(11)15/h3-6H,2,7-10H2,1H3. The molecule has 0 atom stereocenters. The summed E-state index contributed by atoms with van der Waals surface area (Å²) in [6.07, 6.45) is 0.871. The van der Waals surface area contributed by atoms with E-state index in [0.29, 0.717) is 32.5 Å². The monoisotopic (exact) mass is 247 g/mol. The molecular weight excluding hydrogens is 230 g/mol. The van der Waals surface area contributed by atoms with Gasteiger partial charge in [0.15, 0.2) is 5.78 Å². The first-order valence-corrected chi connectivity index (χ1v) is 6.25. The Hall–Kier alpha value is -1.84. The van der Waals surface area contributed by atoms with Crippen molar-refractivity contribution < 1.29 is 14.3 Å². The van der Waals surface area contributed by atoms with Crippen LogP contribution >= 0.6 is 0 Å². The van der Waals surface area contributed by atoms with Crippen molar-refractivity contribution in [2.45, 2.75) is 19.8 Å². The summed E-state index contributed by atoms with van der Waals surface area (Å²) in [5.41, 5.74) is 1.69. The molecule has 0 aromatic heterocycles. The van der Waals surface area contributed by atoms with Crippen molar-refractivity contribution in [1.29, 1.82) is 0 Å². The van der Waals surface area contributed by atoms with E-state index in [1.807, 2.05) is 24.3 Å². The minimum atomic E-state index is -0.188. The van der Waals surface area contributed by atoms with Gasteiger partial charge in [0.05, 0.1) is 13.0 Å². The fraction of sp³-hybridized carbons (Fsp3) is 0.429. The Kier molecular flexibility index (Phi) is 3.97. The molecule has 96 valence electrons. The molecule has 0 saturated heterocycles. The van der Waals surface area contributed by atoms with Crippen LogP contribution in [0, 0.1) is 0 Å². The van der Waals surface area contributed by atoms with Gasteiger partial charge in [-0.1, -0.05) is 12.1 Å². The number of para-hydroxylation sites is 1. The SMILES string of the molecule is CCOC(=O)CCN1CCC(=O)c2ccccc21. The highest BCUT2D eigenvalue weighted by Crippen LogP contribution is 2.26. The van der Waals surface area contributed by atoms with Crippen LogP contribution in [-0.4, -0.2) is 31.4 Å². The Morgan fingerprint density at radius 2 is 2.17 bits per heavy atom. The lowest BCUT2D eigenvalue weighted by molar-refractivity contribution is -0.142. The van der Waals surface area contributed by atoms with Crippen LogP contribution < -0.4 is 4.90 Å². The maximum absolute atomic E-state index is 11.8. The maximum atomic E-state index is 11.8. The van der Waals surface area contributed by atoms with Crippen LogP contribution in [-0.2, 0) is 9.53 Å². The third-order valence-corrected chi connectivity index (χ3v) is 3.05. The zero-order valence-electron chi connectivity index (χ0n) is 10.5. The molecule has 0 N–H and O–H groups in total. The lowest BCUT2D eigenvalue weighted by Gasteiger charge is -2.30. The number of rotatable bonds is 4. The number of benzene rings is 1. The number of nitrogens with zero attached hydrogens (tertiary/aromatic N) is 1. The minimum Gasteiger partial charge on any atom is -0.466 e. The molecule has 2 rings (SSSR count). The first kappa shape index (κ1) is 12.6. The number of hydrogen-bond acceptors (Lipinski definition) is 4. The van der Waals surface area contributed by atoms with Crippen molar-refractivity contribution in [2.75, 3.05) is 24.6 Å². The molecule has 0 amide bonds. The van der Waals surface area contributed by atoms with Gasteiger partial charge in [-0.2, -0.15) is 0 Å². The molecule has 0 radical (unpaired) electrons. The number of anilines is 1. The highest BCUT2D eigenvalue weighted by atomic mass is 16.5. The summed E-state index contributed by atoms with van der Waals surface area (Å²) in [6.45, 7) is 3.49. The van der Waals surface area contributed by atoms with Gasteiger partial charge in [0.25, 0.3) is 0 Å². The zero-order valence-corrected chi connectivity index (χ0v) is 10.5. The molecule has 0 fully saturated rings. The van der Waals surface area contributed by atoms with Gasteiger partial charge in [-0.3, -0.25) is 9.59 Å². The lowest BCUT2D eigenvalue weighted by atomic mass is 10.0. The number of ketones is 1. The fourth-order valence-electron chi connectivity index (χ4n) is 2.17. The average molecular weight is 247 g/mol. The summed E-state index contributed by atoms with van der Waals surface area (Å²) < 4.78 is 4.91. The summed E-state index contributed by atoms with van der Waals surface area (Å²) >= 11 is 0. The number of Topliss-reactive ketones (excluding diaryl/α,β-unsaturated/α-hetero) is 1. The van der Waals surface area contributed by atoms with Crippen molar-refractivity contribution in [1.82, 2.24) is 0 Å². The maximum Gasteiger partial charge on any atom is 0.307 e. The molecule has 0 aliphatic carbocycles. The highest BCUT2D eigenvalue weighted by Gasteiger charge is 2.22. The second-order valence-corrected chi connectivity index (χ2v) is 4.23. The van der Waals surface area contributed by atoms with Crippen LogP contribution in [0.15, 0.2) is 24.3 Å². The topological polar surface area (TPSA) is 46.6 Å². The van der Waals surface area contributed by atoms with Gasteiger partial charge in [0, 0.05) is 30.8 Å². The molecule has 1 aliphatic rings. The first-order chi connectivity index (χ1) is 8.72. The summed E-state index contributed by atoms with van der Waals surface area (Å²) in [7, 11) is 0. The molecule has 0 bridgehead atoms. The fourth-order valence-corrected chi connectivity index (χ4v) is 2.17. The Morgan fingerprint density at radius 3 is 2.94 bits per heavy atom. The molecule has 0 spiro atoms. The van der Waals surface area contributed by atoms with Gasteiger partial charge in [-0.05, 0) is 19.1 Å². The van der Waals surface area contributed by atoms with Gasteiger partial charge < -0.3 is 9.64 Å². The van der Waals surface area contributed by atoms with Crippen LogP contribution in [0.3, 0.4) is 0 Å². The van der Waals surface area contributed by atoms with Crippen LogP contribution in [0.4, 0.5) is 5.69 Å². The molecule has 0 unspecified atom stereocenters. The molecular formula is C14H17NO3. The van der Waals surface area contributed by atoms with Crippen molar-refractivity contribution >= 4 is 17.4 Å². The van der Waals surface area contributed by atoms with Gasteiger partial charge in [-0.25, -0.2) is 0 Å². The van der Waals surface area contributed by atoms with Gasteiger partial charge in [0.2, 0.25) is 0 Å². The van der Waals surface area contributed by atoms with E-state index < -0.39 is 0 Å². The van der Waals surface area contributed by atoms with Gasteiger partial charge >= 0.3 is 5.97 Å². The second kappa shape index (κ2) is 5.67. The number of ether oxygens (including phenoxy) is 1. The normalized spacial score (nSPS) is 14.3. The highest BCUT2D eigenvalue weighted by molar-refractivity contribution is 6.03. The first-order valence-electron chi connectivity index (χ1n) is 6.25. The minimum absolute atomic E-state index is 0.179. The Balaban J connectivity index is 2.05. The molecule has 1 heterocycles. The van der Waals surface area contributed by atoms with Crippen molar-refractivity contribution in [2.24, 2.45) is 0 Å². The Bertz CT molecular complexity index is 456. The molecule has 1 aromatic rings. The van der Waals surface area contributed by atoms with Crippen molar-refractivity contribution in [3.05, 3.63) is 29.8 Å². The van der Waals surface area contributed by atoms with E-state index in [2.05, 4.69) is 4.90 Å². The second-order valence-electron chi connectivity index (χ2n) is 4.23. The van der Waals surface area contributed by atoms with E-state index in [1.54, 1.807) is 6.92 Å². The Labute approximate surface area is 107 Å². The third-order valence-electron chi connectivity index (χ3n) is 3.05. The molecule has 4 heteroatoms. The van der Waals surface area contributed by atoms with Crippen LogP contribution in [0.25, 0.3) is 0 Å². The quantitative estimate of drug-likeness (QED) is 0.764. The number of carbonyl (C=O) groups is 2. The van der Waals surface area contributed by atoms with E-state index in [1.165, 1.54) is 0 Å². The van der Waals surface area contributed by atoms with E-state index in [9.17, 15) is 9.59 Å². The van der Waals surface area contributed by atoms with Crippen LogP contribution in [0.5, 0.6) is 0 Å². The average Bonchev–Trinajstić information content (AvgIpc) is 2.39. The largest absolute Gasteiger partial charge is 0.466 e. The molecule has 0 saturated carbocycles. The van der Waals surface area contributed by atoms with Gasteiger partial charge in [-0.15, -0.1) is 0 Å². The predicted octanol–water partition coefficient (Wildman–Crippen LogP) is 2.03. The van der Waals surface area contributed by atoms with Crippen molar-refractivity contribution in [3.8, 4) is 0 Å². The number of hydrogen-bond donors (Lipinski definition) is 0. The van der Waals surface area contributed by atoms with E-state index in [-0.39, 0.29) is 11.8 Å². The summed E-state index contributed by atoms with van der Waals surface area (Å²) in [6, 6.07) is 7.55. The summed E-state index contributed by atoms with van der Waals surface area (Å²) in [4.78, 5) is 25.2. The van der Waals surface area contributed by atoms with E-state index in [0.717, 1.165) is 11.3 Å². The lowest BCUT2D eigenvalue weighted by Crippen LogP contribution is -2.34. The third kappa shape index (κ3) is 2.70. The Morgan fingerprint density at radius 1 is 1.39 bits per heavy atom. The van der Waals surface area contributed by atoms with Crippen LogP contribution in [0.1, 0.15) is 30.1 Å². The number of fused-ring (bicyclic) bond motifs is 1. The van der Waals surface area contributed by atoms with Crippen LogP contribution in [0.2, 0.25) is 0 Å². The zero-order chi connectivity index (χ0) is 13.0. The van der Waals surface area contributed by atoms with Crippen molar-refractivity contribution in [3.63, 3.8) is 0 Å². The molecule has 1 aromatic carbocycles. The van der Waals surface area contributed by atoms with E-state index >= 15 is 0 Å². The summed E-state index contributed by atoms with van der Waals surface area (Å²) in [5, 5.41) is 0. The van der Waals surface area contributed by atoms with Gasteiger partial charge in [0.1, 0.15) is 0 Å². The predicted molar refractivity (Wildman–Crippen MR) is 68.9 cm³/mol. The molecule has 1 aliphatic heterocycles. The summed E-state index contributed by atoms with van der Waals surface area (Å²) in [5.74, 6) is -0.00938. The molecule has 4 nitrogen and oxygen atoms in total. The molecule has 18 heavy (non-hydrogen) atoms. The number of esters is 1. The smallest absolute Gasteiger partial charge is 0.307 e. The van der Waals surface area contributed by atoms with E-state index in [4.69, 9.17) is 4.74 Å². The number of carbonyl (C=O) groups excluding carboxylic acids is 2.